The van der Waals surface area contributed by atoms with E-state index in [4.69, 9.17) is 10.5 Å². The first-order valence-electron chi connectivity index (χ1n) is 5.49. The summed E-state index contributed by atoms with van der Waals surface area (Å²) >= 11 is 0. The van der Waals surface area contributed by atoms with Gasteiger partial charge in [-0.1, -0.05) is 6.92 Å². The molecule has 0 amide bonds. The van der Waals surface area contributed by atoms with Gasteiger partial charge in [-0.25, -0.2) is 12.8 Å². The minimum absolute atomic E-state index is 0.0176. The second kappa shape index (κ2) is 6.01. The predicted octanol–water partition coefficient (Wildman–Crippen LogP) is 1.31. The molecule has 3 N–H and O–H groups in total. The van der Waals surface area contributed by atoms with Gasteiger partial charge in [0.05, 0.1) is 18.0 Å². The molecule has 0 spiro atoms. The normalized spacial score (nSPS) is 13.1. The Labute approximate surface area is 106 Å². The second-order valence-electron chi connectivity index (χ2n) is 3.76. The number of hydrogen-bond donors (Lipinski definition) is 2. The highest BCUT2D eigenvalue weighted by molar-refractivity contribution is 7.93. The first kappa shape index (κ1) is 14.7. The molecule has 1 aromatic carbocycles. The van der Waals surface area contributed by atoms with Gasteiger partial charge in [0.1, 0.15) is 0 Å². The van der Waals surface area contributed by atoms with Gasteiger partial charge in [0.25, 0.3) is 0 Å². The smallest absolute Gasteiger partial charge is 0.236 e. The van der Waals surface area contributed by atoms with Crippen LogP contribution in [0.2, 0.25) is 0 Å². The van der Waals surface area contributed by atoms with Crippen LogP contribution in [0.25, 0.3) is 0 Å². The molecule has 1 aromatic rings. The van der Waals surface area contributed by atoms with Crippen LogP contribution in [0.15, 0.2) is 18.2 Å². The summed E-state index contributed by atoms with van der Waals surface area (Å²) in [7, 11) is -2.26. The molecule has 0 aliphatic heterocycles. The molecule has 0 radical (unpaired) electrons. The Balaban J connectivity index is 2.97. The average molecular weight is 276 g/mol. The lowest BCUT2D eigenvalue weighted by Crippen LogP contribution is -2.33. The van der Waals surface area contributed by atoms with Crippen molar-refractivity contribution < 1.29 is 17.5 Å². The van der Waals surface area contributed by atoms with E-state index in [-0.39, 0.29) is 18.0 Å². The topological polar surface area (TPSA) is 81.4 Å². The Morgan fingerprint density at radius 1 is 1.50 bits per heavy atom. The van der Waals surface area contributed by atoms with Gasteiger partial charge in [-0.2, -0.15) is 0 Å². The molecule has 0 aliphatic rings. The minimum atomic E-state index is -3.57. The number of methoxy groups -OCH3 is 1. The zero-order valence-corrected chi connectivity index (χ0v) is 11.1. The van der Waals surface area contributed by atoms with E-state index >= 15 is 0 Å². The van der Waals surface area contributed by atoms with Gasteiger partial charge in [-0.3, -0.25) is 4.72 Å². The van der Waals surface area contributed by atoms with Crippen LogP contribution in [0.5, 0.6) is 5.75 Å². The number of hydrogen-bond acceptors (Lipinski definition) is 4. The minimum Gasteiger partial charge on any atom is -0.494 e. The van der Waals surface area contributed by atoms with Crippen LogP contribution in [0.3, 0.4) is 0 Å². The Bertz CT molecular complexity index is 501. The number of rotatable bonds is 6. The molecule has 0 heterocycles. The molecule has 0 bridgehead atoms. The predicted molar refractivity (Wildman–Crippen MR) is 68.6 cm³/mol. The van der Waals surface area contributed by atoms with Gasteiger partial charge >= 0.3 is 0 Å². The number of nitrogens with two attached hydrogens (primary N) is 1. The van der Waals surface area contributed by atoms with E-state index in [0.717, 1.165) is 6.07 Å². The zero-order chi connectivity index (χ0) is 13.8. The number of anilines is 1. The Morgan fingerprint density at radius 3 is 2.67 bits per heavy atom. The highest BCUT2D eigenvalue weighted by Crippen LogP contribution is 2.23. The third-order valence-electron chi connectivity index (χ3n) is 2.57. The van der Waals surface area contributed by atoms with Gasteiger partial charge in [-0.15, -0.1) is 0 Å². The lowest BCUT2D eigenvalue weighted by molar-refractivity contribution is 0.387. The molecule has 102 valence electrons. The molecular weight excluding hydrogens is 259 g/mol. The third kappa shape index (κ3) is 3.33. The van der Waals surface area contributed by atoms with Crippen molar-refractivity contribution in [1.82, 2.24) is 0 Å². The van der Waals surface area contributed by atoms with E-state index in [1.165, 1.54) is 19.2 Å². The molecule has 1 unspecified atom stereocenters. The number of halogens is 1. The number of benzene rings is 1. The zero-order valence-electron chi connectivity index (χ0n) is 10.3. The van der Waals surface area contributed by atoms with E-state index in [0.29, 0.717) is 6.42 Å². The van der Waals surface area contributed by atoms with Crippen molar-refractivity contribution >= 4 is 15.7 Å². The Hall–Kier alpha value is -1.34. The number of nitrogens with one attached hydrogen (secondary N) is 1. The van der Waals surface area contributed by atoms with E-state index in [1.807, 2.05) is 0 Å². The van der Waals surface area contributed by atoms with Gasteiger partial charge in [-0.05, 0) is 18.6 Å². The highest BCUT2D eigenvalue weighted by atomic mass is 32.2. The van der Waals surface area contributed by atoms with E-state index in [2.05, 4.69) is 4.72 Å². The summed E-state index contributed by atoms with van der Waals surface area (Å²) in [4.78, 5) is 0. The summed E-state index contributed by atoms with van der Waals surface area (Å²) in [5.41, 5.74) is 5.65. The van der Waals surface area contributed by atoms with Gasteiger partial charge < -0.3 is 10.5 Å². The fourth-order valence-corrected chi connectivity index (χ4v) is 2.80. The molecule has 0 saturated heterocycles. The molecule has 1 rings (SSSR count). The summed E-state index contributed by atoms with van der Waals surface area (Å²) in [6.45, 7) is 1.77. The van der Waals surface area contributed by atoms with Crippen molar-refractivity contribution in [3.63, 3.8) is 0 Å². The first-order chi connectivity index (χ1) is 8.44. The van der Waals surface area contributed by atoms with Crippen LogP contribution < -0.4 is 15.2 Å². The lowest BCUT2D eigenvalue weighted by atomic mass is 10.3. The monoisotopic (exact) mass is 276 g/mol. The summed E-state index contributed by atoms with van der Waals surface area (Å²) < 4.78 is 44.2. The molecule has 0 fully saturated rings. The van der Waals surface area contributed by atoms with Crippen molar-refractivity contribution in [3.05, 3.63) is 24.0 Å². The van der Waals surface area contributed by atoms with Crippen molar-refractivity contribution in [2.45, 2.75) is 18.6 Å². The average Bonchev–Trinajstić information content (AvgIpc) is 2.32. The summed E-state index contributed by atoms with van der Waals surface area (Å²) in [6, 6.07) is 3.76. The quantitative estimate of drug-likeness (QED) is 0.821. The molecular formula is C11H17FN2O3S. The van der Waals surface area contributed by atoms with Crippen LogP contribution in [0, 0.1) is 5.82 Å². The maximum Gasteiger partial charge on any atom is 0.236 e. The molecule has 5 nitrogen and oxygen atoms in total. The van der Waals surface area contributed by atoms with Crippen molar-refractivity contribution in [1.29, 1.82) is 0 Å². The van der Waals surface area contributed by atoms with Crippen molar-refractivity contribution in [2.24, 2.45) is 5.73 Å². The fraction of sp³-hybridized carbons (Fsp3) is 0.455. The maximum absolute atomic E-state index is 13.2. The van der Waals surface area contributed by atoms with Crippen LogP contribution >= 0.6 is 0 Å². The largest absolute Gasteiger partial charge is 0.494 e. The molecule has 0 aromatic heterocycles. The molecule has 7 heteroatoms. The van der Waals surface area contributed by atoms with Crippen molar-refractivity contribution in [3.8, 4) is 5.75 Å². The number of ether oxygens (including phenoxy) is 1. The van der Waals surface area contributed by atoms with E-state index in [9.17, 15) is 12.8 Å². The Morgan fingerprint density at radius 2 is 2.17 bits per heavy atom. The highest BCUT2D eigenvalue weighted by Gasteiger charge is 2.22. The molecule has 1 atom stereocenters. The van der Waals surface area contributed by atoms with Crippen LogP contribution in [0.4, 0.5) is 10.1 Å². The van der Waals surface area contributed by atoms with Crippen LogP contribution in [-0.2, 0) is 10.0 Å². The van der Waals surface area contributed by atoms with Gasteiger partial charge in [0, 0.05) is 12.6 Å². The van der Waals surface area contributed by atoms with Gasteiger partial charge in [0.2, 0.25) is 10.0 Å². The van der Waals surface area contributed by atoms with Crippen molar-refractivity contribution in [2.75, 3.05) is 18.4 Å². The summed E-state index contributed by atoms with van der Waals surface area (Å²) in [6.07, 6.45) is 0.407. The Kier molecular flexibility index (Phi) is 4.92. The molecule has 0 saturated carbocycles. The summed E-state index contributed by atoms with van der Waals surface area (Å²) in [5.74, 6) is -0.567. The SMILES string of the molecule is CCC(CN)S(=O)(=O)Nc1ccc(F)c(OC)c1. The maximum atomic E-state index is 13.2. The molecule has 18 heavy (non-hydrogen) atoms. The van der Waals surface area contributed by atoms with E-state index in [1.54, 1.807) is 6.92 Å². The second-order valence-corrected chi connectivity index (χ2v) is 5.72. The van der Waals surface area contributed by atoms with Crippen LogP contribution in [-0.4, -0.2) is 27.3 Å². The van der Waals surface area contributed by atoms with Gasteiger partial charge in [0.15, 0.2) is 11.6 Å². The molecule has 0 aliphatic carbocycles. The first-order valence-corrected chi connectivity index (χ1v) is 7.04. The summed E-state index contributed by atoms with van der Waals surface area (Å²) in [5, 5.41) is -0.673. The number of sulfonamides is 1. The lowest BCUT2D eigenvalue weighted by Gasteiger charge is -2.15. The fourth-order valence-electron chi connectivity index (χ4n) is 1.48. The van der Waals surface area contributed by atoms with Crippen LogP contribution in [0.1, 0.15) is 13.3 Å². The van der Waals surface area contributed by atoms with E-state index < -0.39 is 21.1 Å². The standard InChI is InChI=1S/C11H17FN2O3S/c1-3-9(7-13)18(15,16)14-8-4-5-10(12)11(6-8)17-2/h4-6,9,14H,3,7,13H2,1-2H3. The third-order valence-corrected chi connectivity index (χ3v) is 4.49.